The summed E-state index contributed by atoms with van der Waals surface area (Å²) >= 11 is 0. The van der Waals surface area contributed by atoms with Crippen molar-refractivity contribution in [3.63, 3.8) is 0 Å². The van der Waals surface area contributed by atoms with Crippen molar-refractivity contribution in [2.45, 2.75) is 40.2 Å². The summed E-state index contributed by atoms with van der Waals surface area (Å²) in [5.74, 6) is 1.66. The summed E-state index contributed by atoms with van der Waals surface area (Å²) in [6, 6.07) is 2.22. The fourth-order valence-electron chi connectivity index (χ4n) is 1.60. The number of nitrogens with zero attached hydrogens (tertiary/aromatic N) is 2. The highest BCUT2D eigenvalue weighted by molar-refractivity contribution is 5.34. The van der Waals surface area contributed by atoms with Crippen molar-refractivity contribution in [2.24, 2.45) is 11.1 Å². The van der Waals surface area contributed by atoms with Gasteiger partial charge in [-0.25, -0.2) is 9.97 Å². The fourth-order valence-corrected chi connectivity index (χ4v) is 1.60. The van der Waals surface area contributed by atoms with Crippen LogP contribution < -0.4 is 11.1 Å². The lowest BCUT2D eigenvalue weighted by Crippen LogP contribution is -2.36. The van der Waals surface area contributed by atoms with Gasteiger partial charge < -0.3 is 11.1 Å². The van der Waals surface area contributed by atoms with Gasteiger partial charge in [0.05, 0.1) is 0 Å². The predicted molar refractivity (Wildman–Crippen MR) is 67.3 cm³/mol. The van der Waals surface area contributed by atoms with Crippen molar-refractivity contribution < 1.29 is 0 Å². The summed E-state index contributed by atoms with van der Waals surface area (Å²) in [5.41, 5.74) is 5.80. The summed E-state index contributed by atoms with van der Waals surface area (Å²) in [7, 11) is 0. The van der Waals surface area contributed by atoms with E-state index in [-0.39, 0.29) is 5.41 Å². The number of nitrogens with one attached hydrogen (secondary N) is 1. The van der Waals surface area contributed by atoms with Gasteiger partial charge in [-0.15, -0.1) is 0 Å². The quantitative estimate of drug-likeness (QED) is 0.817. The molecule has 1 aromatic rings. The van der Waals surface area contributed by atoms with Gasteiger partial charge in [-0.2, -0.15) is 0 Å². The molecule has 4 nitrogen and oxygen atoms in total. The van der Waals surface area contributed by atoms with Gasteiger partial charge in [0.15, 0.2) is 0 Å². The number of nitrogens with two attached hydrogens (primary N) is 1. The number of aromatic nitrogens is 2. The van der Waals surface area contributed by atoms with Gasteiger partial charge in [0.1, 0.15) is 11.6 Å². The molecule has 0 aliphatic rings. The van der Waals surface area contributed by atoms with E-state index in [1.54, 1.807) is 6.20 Å². The lowest BCUT2D eigenvalue weighted by molar-refractivity contribution is 0.328. The van der Waals surface area contributed by atoms with E-state index in [2.05, 4.69) is 36.1 Å². The third-order valence-corrected chi connectivity index (χ3v) is 2.60. The van der Waals surface area contributed by atoms with Crippen molar-refractivity contribution in [1.82, 2.24) is 9.97 Å². The third-order valence-electron chi connectivity index (χ3n) is 2.60. The highest BCUT2D eigenvalue weighted by Crippen LogP contribution is 2.24. The van der Waals surface area contributed by atoms with Crippen LogP contribution in [0.4, 0.5) is 5.82 Å². The van der Waals surface area contributed by atoms with Gasteiger partial charge in [0.2, 0.25) is 0 Å². The molecule has 0 saturated heterocycles. The molecule has 1 atom stereocenters. The van der Waals surface area contributed by atoms with Gasteiger partial charge in [-0.3, -0.25) is 0 Å². The zero-order chi connectivity index (χ0) is 12.2. The summed E-state index contributed by atoms with van der Waals surface area (Å²) < 4.78 is 0. The SMILES string of the molecule is Cc1nccc(NC(CCN)C(C)(C)C)n1. The van der Waals surface area contributed by atoms with E-state index < -0.39 is 0 Å². The molecular weight excluding hydrogens is 200 g/mol. The molecule has 1 heterocycles. The molecule has 4 heteroatoms. The number of rotatable bonds is 4. The molecule has 0 amide bonds. The molecule has 0 saturated carbocycles. The summed E-state index contributed by atoms with van der Waals surface area (Å²) in [4.78, 5) is 8.43. The van der Waals surface area contributed by atoms with Gasteiger partial charge in [0, 0.05) is 12.2 Å². The van der Waals surface area contributed by atoms with Gasteiger partial charge in [0.25, 0.3) is 0 Å². The number of anilines is 1. The molecule has 0 aromatic carbocycles. The zero-order valence-corrected chi connectivity index (χ0v) is 10.6. The van der Waals surface area contributed by atoms with E-state index in [1.165, 1.54) is 0 Å². The summed E-state index contributed by atoms with van der Waals surface area (Å²) in [5, 5.41) is 3.43. The highest BCUT2D eigenvalue weighted by Gasteiger charge is 2.23. The van der Waals surface area contributed by atoms with Crippen LogP contribution in [0.25, 0.3) is 0 Å². The van der Waals surface area contributed by atoms with E-state index in [0.29, 0.717) is 12.6 Å². The molecule has 0 bridgehead atoms. The Kier molecular flexibility index (Phi) is 4.24. The van der Waals surface area contributed by atoms with E-state index in [4.69, 9.17) is 5.73 Å². The minimum atomic E-state index is 0.165. The predicted octanol–water partition coefficient (Wildman–Crippen LogP) is 1.96. The molecule has 0 aliphatic heterocycles. The van der Waals surface area contributed by atoms with E-state index >= 15 is 0 Å². The van der Waals surface area contributed by atoms with Crippen LogP contribution >= 0.6 is 0 Å². The van der Waals surface area contributed by atoms with Crippen LogP contribution in [0.2, 0.25) is 0 Å². The molecule has 90 valence electrons. The average molecular weight is 222 g/mol. The summed E-state index contributed by atoms with van der Waals surface area (Å²) in [6.07, 6.45) is 2.71. The van der Waals surface area contributed by atoms with Crippen LogP contribution in [-0.2, 0) is 0 Å². The van der Waals surface area contributed by atoms with Crippen LogP contribution in [0, 0.1) is 12.3 Å². The minimum absolute atomic E-state index is 0.165. The molecule has 1 unspecified atom stereocenters. The lowest BCUT2D eigenvalue weighted by atomic mass is 9.85. The van der Waals surface area contributed by atoms with E-state index in [1.807, 2.05) is 13.0 Å². The van der Waals surface area contributed by atoms with Gasteiger partial charge >= 0.3 is 0 Å². The molecule has 1 rings (SSSR count). The Morgan fingerprint density at radius 1 is 1.44 bits per heavy atom. The first-order valence-electron chi connectivity index (χ1n) is 5.69. The standard InChI is InChI=1S/C12H22N4/c1-9-14-8-6-11(15-9)16-10(5-7-13)12(2,3)4/h6,8,10H,5,7,13H2,1-4H3,(H,14,15,16). The second kappa shape index (κ2) is 5.25. The normalized spacial score (nSPS) is 13.6. The van der Waals surface area contributed by atoms with Crippen molar-refractivity contribution in [3.05, 3.63) is 18.1 Å². The monoisotopic (exact) mass is 222 g/mol. The van der Waals surface area contributed by atoms with Gasteiger partial charge in [-0.1, -0.05) is 20.8 Å². The number of hydrogen-bond acceptors (Lipinski definition) is 4. The molecular formula is C12H22N4. The van der Waals surface area contributed by atoms with Crippen LogP contribution in [0.1, 0.15) is 33.0 Å². The Bertz CT molecular complexity index is 330. The first-order valence-corrected chi connectivity index (χ1v) is 5.69. The maximum Gasteiger partial charge on any atom is 0.129 e. The Morgan fingerprint density at radius 2 is 2.12 bits per heavy atom. The van der Waals surface area contributed by atoms with Crippen LogP contribution in [0.3, 0.4) is 0 Å². The third kappa shape index (κ3) is 3.77. The highest BCUT2D eigenvalue weighted by atomic mass is 15.1. The van der Waals surface area contributed by atoms with Crippen molar-refractivity contribution >= 4 is 5.82 Å². The lowest BCUT2D eigenvalue weighted by Gasteiger charge is -2.31. The average Bonchev–Trinajstić information content (AvgIpc) is 2.16. The molecule has 0 radical (unpaired) electrons. The maximum atomic E-state index is 5.64. The molecule has 16 heavy (non-hydrogen) atoms. The Labute approximate surface area is 97.7 Å². The van der Waals surface area contributed by atoms with E-state index in [0.717, 1.165) is 18.1 Å². The van der Waals surface area contributed by atoms with Gasteiger partial charge in [-0.05, 0) is 31.4 Å². The van der Waals surface area contributed by atoms with Crippen molar-refractivity contribution in [1.29, 1.82) is 0 Å². The number of hydrogen-bond donors (Lipinski definition) is 2. The molecule has 0 aliphatic carbocycles. The smallest absolute Gasteiger partial charge is 0.129 e. The first kappa shape index (κ1) is 12.9. The molecule has 1 aromatic heterocycles. The second-order valence-corrected chi connectivity index (χ2v) is 5.13. The summed E-state index contributed by atoms with van der Waals surface area (Å²) in [6.45, 7) is 9.18. The number of aryl methyl sites for hydroxylation is 1. The molecule has 0 spiro atoms. The van der Waals surface area contributed by atoms with Crippen LogP contribution in [-0.4, -0.2) is 22.6 Å². The molecule has 0 fully saturated rings. The Morgan fingerprint density at radius 3 is 2.62 bits per heavy atom. The Balaban J connectivity index is 2.76. The molecule has 3 N–H and O–H groups in total. The maximum absolute atomic E-state index is 5.64. The topological polar surface area (TPSA) is 63.8 Å². The second-order valence-electron chi connectivity index (χ2n) is 5.13. The largest absolute Gasteiger partial charge is 0.367 e. The van der Waals surface area contributed by atoms with Crippen molar-refractivity contribution in [2.75, 3.05) is 11.9 Å². The van der Waals surface area contributed by atoms with E-state index in [9.17, 15) is 0 Å². The van der Waals surface area contributed by atoms with Crippen molar-refractivity contribution in [3.8, 4) is 0 Å². The fraction of sp³-hybridized carbons (Fsp3) is 0.667. The Hall–Kier alpha value is -1.16. The van der Waals surface area contributed by atoms with Crippen LogP contribution in [0.5, 0.6) is 0 Å². The van der Waals surface area contributed by atoms with Crippen LogP contribution in [0.15, 0.2) is 12.3 Å². The minimum Gasteiger partial charge on any atom is -0.367 e. The zero-order valence-electron chi connectivity index (χ0n) is 10.6. The first-order chi connectivity index (χ1) is 7.43.